The summed E-state index contributed by atoms with van der Waals surface area (Å²) >= 11 is 0. The Hall–Kier alpha value is -6.58. The average Bonchev–Trinajstić information content (AvgIpc) is 3.39. The molecule has 0 aliphatic heterocycles. The molecule has 70 heavy (non-hydrogen) atoms. The second kappa shape index (κ2) is 23.4. The van der Waals surface area contributed by atoms with Crippen LogP contribution in [0, 0.1) is 44.4 Å². The van der Waals surface area contributed by atoms with Crippen molar-refractivity contribution in [2.45, 2.75) is 91.9 Å². The van der Waals surface area contributed by atoms with E-state index in [-0.39, 0.29) is 20.1 Å². The van der Waals surface area contributed by atoms with Gasteiger partial charge in [0.15, 0.2) is 0 Å². The Balaban J connectivity index is 0.000000208. The molecule has 0 radical (unpaired) electrons. The maximum Gasteiger partial charge on any atom is 3.00 e. The van der Waals surface area contributed by atoms with E-state index in [2.05, 4.69) is 178 Å². The summed E-state index contributed by atoms with van der Waals surface area (Å²) in [7, 11) is 0. The molecule has 10 rings (SSSR count). The molecule has 1 saturated carbocycles. The van der Waals surface area contributed by atoms with Crippen LogP contribution in [0.2, 0.25) is 0 Å². The van der Waals surface area contributed by atoms with E-state index in [1.165, 1.54) is 86.9 Å². The third-order valence-electron chi connectivity index (χ3n) is 13.9. The van der Waals surface area contributed by atoms with Crippen LogP contribution in [0.3, 0.4) is 0 Å². The van der Waals surface area contributed by atoms with Crippen LogP contribution in [0.25, 0.3) is 56.0 Å². The van der Waals surface area contributed by atoms with Gasteiger partial charge in [0.2, 0.25) is 0 Å². The van der Waals surface area contributed by atoms with Crippen molar-refractivity contribution in [1.29, 1.82) is 0 Å². The van der Waals surface area contributed by atoms with Gasteiger partial charge in [-0.05, 0) is 155 Å². The molecule has 0 unspecified atom stereocenters. The number of aryl methyl sites for hydroxylation is 7. The maximum absolute atomic E-state index is 4.76. The fraction of sp³-hybridized carbons (Fsp3) is 0.227. The molecule has 0 N–H and O–H groups in total. The minimum Gasteiger partial charge on any atom is -0.305 e. The van der Waals surface area contributed by atoms with Gasteiger partial charge >= 0.3 is 20.1 Å². The molecular formula is C66H62IrN3. The number of nitrogens with zero attached hydrogens (tertiary/aromatic N) is 3. The van der Waals surface area contributed by atoms with E-state index in [1.54, 1.807) is 5.56 Å². The van der Waals surface area contributed by atoms with Gasteiger partial charge in [-0.1, -0.05) is 118 Å². The maximum atomic E-state index is 4.76. The van der Waals surface area contributed by atoms with Crippen LogP contribution in [0.1, 0.15) is 90.0 Å². The summed E-state index contributed by atoms with van der Waals surface area (Å²) in [6.07, 6.45) is 15.1. The van der Waals surface area contributed by atoms with Crippen molar-refractivity contribution in [2.75, 3.05) is 0 Å². The zero-order valence-corrected chi connectivity index (χ0v) is 43.6. The van der Waals surface area contributed by atoms with E-state index in [0.29, 0.717) is 11.3 Å². The van der Waals surface area contributed by atoms with Gasteiger partial charge in [0, 0.05) is 18.6 Å². The second-order valence-electron chi connectivity index (χ2n) is 19.7. The van der Waals surface area contributed by atoms with E-state index in [0.717, 1.165) is 59.5 Å². The van der Waals surface area contributed by atoms with Gasteiger partial charge in [-0.2, -0.15) is 0 Å². The van der Waals surface area contributed by atoms with Crippen molar-refractivity contribution in [3.63, 3.8) is 0 Å². The minimum atomic E-state index is 0. The molecule has 0 amide bonds. The smallest absolute Gasteiger partial charge is 0.305 e. The van der Waals surface area contributed by atoms with E-state index < -0.39 is 0 Å². The third kappa shape index (κ3) is 13.0. The molecule has 0 saturated heterocycles. The average molecular weight is 1090 g/mol. The van der Waals surface area contributed by atoms with Gasteiger partial charge in [-0.3, -0.25) is 0 Å². The predicted molar refractivity (Wildman–Crippen MR) is 287 cm³/mol. The molecular weight excluding hydrogens is 1030 g/mol. The molecule has 0 atom stereocenters. The first-order valence-corrected chi connectivity index (χ1v) is 24.7. The molecule has 0 spiro atoms. The minimum absolute atomic E-state index is 0. The zero-order valence-electron chi connectivity index (χ0n) is 41.2. The summed E-state index contributed by atoms with van der Waals surface area (Å²) in [5, 5.41) is 0. The number of hydrogen-bond donors (Lipinski definition) is 0. The third-order valence-corrected chi connectivity index (χ3v) is 13.9. The molecule has 1 aliphatic rings. The number of pyridine rings is 3. The topological polar surface area (TPSA) is 38.7 Å². The Morgan fingerprint density at radius 1 is 0.486 bits per heavy atom. The van der Waals surface area contributed by atoms with E-state index in [4.69, 9.17) is 4.98 Å². The molecule has 350 valence electrons. The molecule has 9 aromatic rings. The van der Waals surface area contributed by atoms with Crippen molar-refractivity contribution in [3.05, 3.63) is 245 Å². The summed E-state index contributed by atoms with van der Waals surface area (Å²) in [5.41, 5.74) is 22.3. The molecule has 1 aliphatic carbocycles. The molecule has 1 fully saturated rings. The van der Waals surface area contributed by atoms with Gasteiger partial charge in [-0.15, -0.1) is 107 Å². The molecule has 6 aromatic carbocycles. The Morgan fingerprint density at radius 3 is 1.74 bits per heavy atom. The Morgan fingerprint density at radius 2 is 1.11 bits per heavy atom. The summed E-state index contributed by atoms with van der Waals surface area (Å²) in [4.78, 5) is 13.8. The second-order valence-corrected chi connectivity index (χ2v) is 19.7. The van der Waals surface area contributed by atoms with E-state index in [9.17, 15) is 0 Å². The Kier molecular flexibility index (Phi) is 16.6. The van der Waals surface area contributed by atoms with Crippen molar-refractivity contribution in [1.82, 2.24) is 15.0 Å². The molecule has 0 bridgehead atoms. The molecule has 4 heteroatoms. The largest absolute Gasteiger partial charge is 3.00 e. The van der Waals surface area contributed by atoms with Crippen LogP contribution in [-0.2, 0) is 45.8 Å². The number of hydrogen-bond acceptors (Lipinski definition) is 3. The molecule has 3 aromatic heterocycles. The number of rotatable bonds is 12. The standard InChI is InChI=1S/C41H42N2.C25H20N.Ir/c1-30-7-16-36(17-8-30)40-20-15-32(29-43-40)10-12-34-26-33(27-38(28-34)35-21-23-41(2,3)24-22-35)11-9-31-13-18-37(19-14-31)39-6-4-5-25-42-39;1-18-15-23(20-9-5-3-6-10-20)16-19(2)25(18)22-13-14-26-24(17-22)21-11-7-4-8-12-21;/h4-8,13-16,18,20,25-29,35H,9-12,21-24H2,1-3H3;3-11,13-17H,1-2H3;/q-2;-1;+3. The summed E-state index contributed by atoms with van der Waals surface area (Å²) in [6, 6.07) is 68.0. The van der Waals surface area contributed by atoms with Gasteiger partial charge in [0.1, 0.15) is 0 Å². The van der Waals surface area contributed by atoms with Crippen LogP contribution in [-0.4, -0.2) is 15.0 Å². The summed E-state index contributed by atoms with van der Waals surface area (Å²) in [6.45, 7) is 11.3. The van der Waals surface area contributed by atoms with Crippen LogP contribution in [0.4, 0.5) is 0 Å². The Labute approximate surface area is 430 Å². The Bertz CT molecular complexity index is 3040. The molecule has 3 heterocycles. The normalized spacial score (nSPS) is 13.2. The quantitative estimate of drug-likeness (QED) is 0.114. The first-order valence-electron chi connectivity index (χ1n) is 24.7. The van der Waals surface area contributed by atoms with E-state index in [1.807, 2.05) is 67.1 Å². The van der Waals surface area contributed by atoms with Crippen molar-refractivity contribution in [3.8, 4) is 56.0 Å². The van der Waals surface area contributed by atoms with Crippen LogP contribution >= 0.6 is 0 Å². The van der Waals surface area contributed by atoms with Gasteiger partial charge in [0.05, 0.1) is 0 Å². The zero-order chi connectivity index (χ0) is 47.6. The van der Waals surface area contributed by atoms with Crippen LogP contribution < -0.4 is 0 Å². The van der Waals surface area contributed by atoms with Crippen molar-refractivity contribution >= 4 is 0 Å². The van der Waals surface area contributed by atoms with Gasteiger partial charge < -0.3 is 15.0 Å². The first kappa shape index (κ1) is 49.8. The fourth-order valence-corrected chi connectivity index (χ4v) is 9.82. The summed E-state index contributed by atoms with van der Waals surface area (Å²) < 4.78 is 0. The van der Waals surface area contributed by atoms with Crippen LogP contribution in [0.5, 0.6) is 0 Å². The van der Waals surface area contributed by atoms with Gasteiger partial charge in [0.25, 0.3) is 0 Å². The van der Waals surface area contributed by atoms with Crippen molar-refractivity contribution in [2.24, 2.45) is 5.41 Å². The molecule has 3 nitrogen and oxygen atoms in total. The van der Waals surface area contributed by atoms with Crippen LogP contribution in [0.15, 0.2) is 182 Å². The predicted octanol–water partition coefficient (Wildman–Crippen LogP) is 16.5. The monoisotopic (exact) mass is 1090 g/mol. The summed E-state index contributed by atoms with van der Waals surface area (Å²) in [5.74, 6) is 0.671. The fourth-order valence-electron chi connectivity index (χ4n) is 9.82. The van der Waals surface area contributed by atoms with Crippen molar-refractivity contribution < 1.29 is 20.1 Å². The van der Waals surface area contributed by atoms with Gasteiger partial charge in [-0.25, -0.2) is 0 Å². The van der Waals surface area contributed by atoms with E-state index >= 15 is 0 Å². The number of benzene rings is 6. The number of aromatic nitrogens is 3. The SMILES string of the molecule is Cc1c[c-]c(-c2ccc(CCc3cc(CCc4c[c-]c(-c5ccccn5)cc4)cc(C4CCC(C)(C)CC4)c3)cn2)cc1.Cc1cc(-c2ccccc2)cc(C)c1-c1ccnc(-c2[c-]cccc2)c1.[Ir+3]. The first-order chi connectivity index (χ1) is 33.6.